The third kappa shape index (κ3) is 2.28. The summed E-state index contributed by atoms with van der Waals surface area (Å²) in [5.74, 6) is 0.428. The Morgan fingerprint density at radius 3 is 2.65 bits per heavy atom. The van der Waals surface area contributed by atoms with Gasteiger partial charge in [-0.2, -0.15) is 4.31 Å². The van der Waals surface area contributed by atoms with Crippen molar-refractivity contribution in [3.8, 4) is 0 Å². The molecule has 6 heteroatoms. The van der Waals surface area contributed by atoms with Gasteiger partial charge in [0.2, 0.25) is 15.5 Å². The number of aromatic nitrogens is 1. The zero-order valence-electron chi connectivity index (χ0n) is 9.88. The molecule has 1 aliphatic carbocycles. The van der Waals surface area contributed by atoms with E-state index in [-0.39, 0.29) is 10.9 Å². The lowest BCUT2D eigenvalue weighted by molar-refractivity contribution is 0.356. The van der Waals surface area contributed by atoms with Crippen molar-refractivity contribution in [1.29, 1.82) is 0 Å². The number of nitrogens with zero attached hydrogens (tertiary/aromatic N) is 1. The van der Waals surface area contributed by atoms with Crippen LogP contribution in [0.25, 0.3) is 0 Å². The Morgan fingerprint density at radius 1 is 1.47 bits per heavy atom. The van der Waals surface area contributed by atoms with Gasteiger partial charge in [0.15, 0.2) is 0 Å². The molecule has 1 aromatic heterocycles. The first-order chi connectivity index (χ1) is 7.94. The van der Waals surface area contributed by atoms with Crippen LogP contribution in [0.4, 0.5) is 0 Å². The minimum Gasteiger partial charge on any atom is -0.366 e. The molecule has 1 atom stereocenters. The van der Waals surface area contributed by atoms with E-state index in [9.17, 15) is 13.2 Å². The van der Waals surface area contributed by atoms with Crippen molar-refractivity contribution < 1.29 is 8.42 Å². The Hall–Kier alpha value is -1.14. The summed E-state index contributed by atoms with van der Waals surface area (Å²) in [4.78, 5) is 14.0. The number of sulfonamides is 1. The van der Waals surface area contributed by atoms with Crippen LogP contribution in [0.1, 0.15) is 19.8 Å². The molecule has 1 N–H and O–H groups in total. The highest BCUT2D eigenvalue weighted by Gasteiger charge is 2.36. The van der Waals surface area contributed by atoms with E-state index < -0.39 is 15.5 Å². The van der Waals surface area contributed by atoms with E-state index in [2.05, 4.69) is 4.98 Å². The fraction of sp³-hybridized carbons (Fsp3) is 0.545. The first-order valence-corrected chi connectivity index (χ1v) is 7.03. The predicted molar refractivity (Wildman–Crippen MR) is 64.2 cm³/mol. The monoisotopic (exact) mass is 256 g/mol. The first-order valence-electron chi connectivity index (χ1n) is 5.59. The van der Waals surface area contributed by atoms with Crippen LogP contribution in [0.3, 0.4) is 0 Å². The van der Waals surface area contributed by atoms with Crippen molar-refractivity contribution >= 4 is 10.0 Å². The van der Waals surface area contributed by atoms with E-state index in [4.69, 9.17) is 0 Å². The van der Waals surface area contributed by atoms with E-state index in [0.29, 0.717) is 5.92 Å². The minimum atomic E-state index is -3.68. The van der Waals surface area contributed by atoms with Gasteiger partial charge in [-0.15, -0.1) is 0 Å². The van der Waals surface area contributed by atoms with Crippen LogP contribution in [-0.2, 0) is 10.0 Å². The second-order valence-electron chi connectivity index (χ2n) is 4.47. The normalized spacial score (nSPS) is 18.3. The average Bonchev–Trinajstić information content (AvgIpc) is 3.11. The van der Waals surface area contributed by atoms with Gasteiger partial charge in [-0.3, -0.25) is 4.79 Å². The number of hydrogen-bond donors (Lipinski definition) is 1. The summed E-state index contributed by atoms with van der Waals surface area (Å²) in [6, 6.07) is 1.17. The molecule has 0 spiro atoms. The lowest BCUT2D eigenvalue weighted by Gasteiger charge is -2.23. The zero-order valence-corrected chi connectivity index (χ0v) is 10.7. The highest BCUT2D eigenvalue weighted by molar-refractivity contribution is 7.89. The lowest BCUT2D eigenvalue weighted by atomic mass is 10.2. The van der Waals surface area contributed by atoms with Gasteiger partial charge >= 0.3 is 0 Å². The first kappa shape index (κ1) is 12.3. The summed E-state index contributed by atoms with van der Waals surface area (Å²) < 4.78 is 25.8. The Bertz CT molecular complexity index is 560. The fourth-order valence-electron chi connectivity index (χ4n) is 1.85. The minimum absolute atomic E-state index is 0.0559. The largest absolute Gasteiger partial charge is 0.366 e. The molecule has 1 aromatic rings. The van der Waals surface area contributed by atoms with Gasteiger partial charge in [-0.1, -0.05) is 0 Å². The van der Waals surface area contributed by atoms with Gasteiger partial charge in [0, 0.05) is 31.5 Å². The van der Waals surface area contributed by atoms with Crippen LogP contribution in [0, 0.1) is 5.92 Å². The molecule has 1 fully saturated rings. The van der Waals surface area contributed by atoms with E-state index in [1.54, 1.807) is 0 Å². The molecular weight excluding hydrogens is 240 g/mol. The molecule has 0 saturated heterocycles. The Balaban J connectivity index is 2.36. The number of hydrogen-bond acceptors (Lipinski definition) is 3. The molecule has 0 aliphatic heterocycles. The number of nitrogens with one attached hydrogen (secondary N) is 1. The van der Waals surface area contributed by atoms with Crippen LogP contribution in [-0.4, -0.2) is 30.8 Å². The molecule has 0 bridgehead atoms. The van der Waals surface area contributed by atoms with Gasteiger partial charge in [0.1, 0.15) is 4.90 Å². The maximum atomic E-state index is 12.2. The van der Waals surface area contributed by atoms with Crippen LogP contribution in [0.2, 0.25) is 0 Å². The molecule has 0 amide bonds. The van der Waals surface area contributed by atoms with E-state index in [1.807, 2.05) is 6.92 Å². The topological polar surface area (TPSA) is 70.2 Å². The SMILES string of the molecule is CC(C1CC1)N(C)S(=O)(=O)c1c[nH]ccc1=O. The van der Waals surface area contributed by atoms with Gasteiger partial charge < -0.3 is 4.98 Å². The number of H-pyrrole nitrogens is 1. The Labute approximate surface area is 101 Å². The van der Waals surface area contributed by atoms with Crippen LogP contribution >= 0.6 is 0 Å². The fourth-order valence-corrected chi connectivity index (χ4v) is 3.31. The summed E-state index contributed by atoms with van der Waals surface area (Å²) in [6.45, 7) is 1.88. The van der Waals surface area contributed by atoms with Crippen LogP contribution in [0.5, 0.6) is 0 Å². The quantitative estimate of drug-likeness (QED) is 0.866. The highest BCUT2D eigenvalue weighted by atomic mass is 32.2. The second-order valence-corrected chi connectivity index (χ2v) is 6.44. The van der Waals surface area contributed by atoms with Crippen molar-refractivity contribution in [2.24, 2.45) is 5.92 Å². The molecule has 17 heavy (non-hydrogen) atoms. The lowest BCUT2D eigenvalue weighted by Crippen LogP contribution is -2.38. The third-order valence-corrected chi connectivity index (χ3v) is 5.29. The van der Waals surface area contributed by atoms with Gasteiger partial charge in [0.05, 0.1) is 0 Å². The molecule has 0 radical (unpaired) electrons. The Morgan fingerprint density at radius 2 is 2.12 bits per heavy atom. The predicted octanol–water partition coefficient (Wildman–Crippen LogP) is 0.794. The molecule has 94 valence electrons. The average molecular weight is 256 g/mol. The molecular formula is C11H16N2O3S. The van der Waals surface area contributed by atoms with Crippen molar-refractivity contribution in [3.63, 3.8) is 0 Å². The van der Waals surface area contributed by atoms with Crippen LogP contribution in [0.15, 0.2) is 28.2 Å². The second kappa shape index (κ2) is 4.27. The summed E-state index contributed by atoms with van der Waals surface area (Å²) >= 11 is 0. The molecule has 1 heterocycles. The smallest absolute Gasteiger partial charge is 0.248 e. The van der Waals surface area contributed by atoms with Crippen molar-refractivity contribution in [2.75, 3.05) is 7.05 Å². The van der Waals surface area contributed by atoms with Crippen LogP contribution < -0.4 is 5.43 Å². The molecule has 5 nitrogen and oxygen atoms in total. The summed E-state index contributed by atoms with van der Waals surface area (Å²) in [5, 5.41) is 0. The summed E-state index contributed by atoms with van der Waals surface area (Å²) in [5.41, 5.74) is -0.474. The molecule has 1 saturated carbocycles. The summed E-state index contributed by atoms with van der Waals surface area (Å²) in [7, 11) is -2.15. The molecule has 1 aliphatic rings. The van der Waals surface area contributed by atoms with Gasteiger partial charge in [-0.25, -0.2) is 8.42 Å². The molecule has 0 aromatic carbocycles. The summed E-state index contributed by atoms with van der Waals surface area (Å²) in [6.07, 6.45) is 4.79. The number of pyridine rings is 1. The number of aromatic amines is 1. The van der Waals surface area contributed by atoms with Crippen molar-refractivity contribution in [1.82, 2.24) is 9.29 Å². The van der Waals surface area contributed by atoms with Crippen molar-refractivity contribution in [2.45, 2.75) is 30.7 Å². The Kier molecular flexibility index (Phi) is 3.09. The third-order valence-electron chi connectivity index (χ3n) is 3.32. The number of rotatable bonds is 4. The van der Waals surface area contributed by atoms with Gasteiger partial charge in [-0.05, 0) is 25.7 Å². The highest BCUT2D eigenvalue weighted by Crippen LogP contribution is 2.36. The van der Waals surface area contributed by atoms with Crippen molar-refractivity contribution in [3.05, 3.63) is 28.7 Å². The van der Waals surface area contributed by atoms with E-state index >= 15 is 0 Å². The standard InChI is InChI=1S/C11H16N2O3S/c1-8(9-3-4-9)13(2)17(15,16)11-7-12-6-5-10(11)14/h5-9H,3-4H2,1-2H3,(H,12,14). The van der Waals surface area contributed by atoms with E-state index in [1.165, 1.54) is 29.8 Å². The zero-order chi connectivity index (χ0) is 12.6. The molecule has 1 unspecified atom stereocenters. The van der Waals surface area contributed by atoms with Gasteiger partial charge in [0.25, 0.3) is 0 Å². The van der Waals surface area contributed by atoms with E-state index in [0.717, 1.165) is 12.8 Å². The molecule has 2 rings (SSSR count). The maximum Gasteiger partial charge on any atom is 0.248 e. The maximum absolute atomic E-state index is 12.2.